The second kappa shape index (κ2) is 8.88. The first kappa shape index (κ1) is 14.6. The maximum Gasteiger partial charge on any atom is 0.330 e. The van der Waals surface area contributed by atoms with Crippen molar-refractivity contribution in [1.29, 1.82) is 0 Å². The molecule has 0 aromatic carbocycles. The SMILES string of the molecule is C=CCOC(CCC(=C)C(=O)O)OCC=C. The Morgan fingerprint density at radius 3 is 2.12 bits per heavy atom. The molecule has 0 rings (SSSR count). The largest absolute Gasteiger partial charge is 0.478 e. The molecule has 4 heteroatoms. The number of aliphatic carboxylic acids is 1. The Morgan fingerprint density at radius 1 is 1.25 bits per heavy atom. The molecule has 0 unspecified atom stereocenters. The smallest absolute Gasteiger partial charge is 0.330 e. The highest BCUT2D eigenvalue weighted by atomic mass is 16.7. The van der Waals surface area contributed by atoms with Gasteiger partial charge in [0.05, 0.1) is 13.2 Å². The third kappa shape index (κ3) is 6.98. The predicted octanol–water partition coefficient (Wildman–Crippen LogP) is 2.14. The summed E-state index contributed by atoms with van der Waals surface area (Å²) in [5.74, 6) is -0.994. The van der Waals surface area contributed by atoms with Crippen LogP contribution in [0.25, 0.3) is 0 Å². The van der Waals surface area contributed by atoms with Gasteiger partial charge in [-0.15, -0.1) is 13.2 Å². The molecule has 0 aromatic rings. The van der Waals surface area contributed by atoms with E-state index < -0.39 is 12.3 Å². The summed E-state index contributed by atoms with van der Waals surface area (Å²) in [4.78, 5) is 10.5. The fourth-order valence-corrected chi connectivity index (χ4v) is 0.965. The third-order valence-corrected chi connectivity index (χ3v) is 1.78. The topological polar surface area (TPSA) is 55.8 Å². The highest BCUT2D eigenvalue weighted by molar-refractivity contribution is 5.85. The van der Waals surface area contributed by atoms with E-state index in [0.717, 1.165) is 0 Å². The summed E-state index contributed by atoms with van der Waals surface area (Å²) in [6.07, 6.45) is 3.54. The summed E-state index contributed by atoms with van der Waals surface area (Å²) >= 11 is 0. The predicted molar refractivity (Wildman–Crippen MR) is 62.1 cm³/mol. The van der Waals surface area contributed by atoms with E-state index in [-0.39, 0.29) is 5.57 Å². The average molecular weight is 226 g/mol. The maximum absolute atomic E-state index is 10.5. The zero-order chi connectivity index (χ0) is 12.4. The minimum Gasteiger partial charge on any atom is -0.478 e. The van der Waals surface area contributed by atoms with Crippen molar-refractivity contribution >= 4 is 5.97 Å². The van der Waals surface area contributed by atoms with Crippen molar-refractivity contribution in [2.24, 2.45) is 0 Å². The Bertz CT molecular complexity index is 246. The van der Waals surface area contributed by atoms with Crippen LogP contribution in [0.2, 0.25) is 0 Å². The van der Waals surface area contributed by atoms with Gasteiger partial charge in [0.2, 0.25) is 0 Å². The van der Waals surface area contributed by atoms with Crippen LogP contribution in [0.3, 0.4) is 0 Å². The van der Waals surface area contributed by atoms with Crippen molar-refractivity contribution in [2.75, 3.05) is 13.2 Å². The first-order chi connectivity index (χ1) is 7.61. The van der Waals surface area contributed by atoms with Gasteiger partial charge in [-0.3, -0.25) is 0 Å². The van der Waals surface area contributed by atoms with Gasteiger partial charge in [0, 0.05) is 12.0 Å². The second-order valence-electron chi connectivity index (χ2n) is 3.12. The molecule has 0 saturated carbocycles. The summed E-state index contributed by atoms with van der Waals surface area (Å²) < 4.78 is 10.6. The molecule has 0 amide bonds. The van der Waals surface area contributed by atoms with Crippen LogP contribution in [0.15, 0.2) is 37.5 Å². The van der Waals surface area contributed by atoms with Gasteiger partial charge in [0.15, 0.2) is 6.29 Å². The van der Waals surface area contributed by atoms with Crippen LogP contribution in [-0.4, -0.2) is 30.6 Å². The standard InChI is InChI=1S/C12H18O4/c1-4-8-15-11(16-9-5-2)7-6-10(3)12(13)14/h4-5,11H,1-3,6-9H2,(H,13,14). The highest BCUT2D eigenvalue weighted by Gasteiger charge is 2.11. The van der Waals surface area contributed by atoms with E-state index in [0.29, 0.717) is 26.1 Å². The van der Waals surface area contributed by atoms with E-state index >= 15 is 0 Å². The molecule has 0 heterocycles. The monoisotopic (exact) mass is 226 g/mol. The molecular weight excluding hydrogens is 208 g/mol. The van der Waals surface area contributed by atoms with E-state index in [1.54, 1.807) is 12.2 Å². The minimum atomic E-state index is -0.994. The molecule has 0 radical (unpaired) electrons. The first-order valence-electron chi connectivity index (χ1n) is 4.97. The summed E-state index contributed by atoms with van der Waals surface area (Å²) in [7, 11) is 0. The lowest BCUT2D eigenvalue weighted by atomic mass is 10.1. The lowest BCUT2D eigenvalue weighted by molar-refractivity contribution is -0.135. The summed E-state index contributed by atoms with van der Waals surface area (Å²) in [6, 6.07) is 0. The van der Waals surface area contributed by atoms with Crippen molar-refractivity contribution in [3.8, 4) is 0 Å². The minimum absolute atomic E-state index is 0.148. The fourth-order valence-electron chi connectivity index (χ4n) is 0.965. The van der Waals surface area contributed by atoms with Gasteiger partial charge in [-0.25, -0.2) is 4.79 Å². The van der Waals surface area contributed by atoms with Gasteiger partial charge in [-0.1, -0.05) is 18.7 Å². The summed E-state index contributed by atoms with van der Waals surface area (Å²) in [5, 5.41) is 8.63. The molecule has 0 atom stereocenters. The number of rotatable bonds is 10. The van der Waals surface area contributed by atoms with E-state index in [2.05, 4.69) is 19.7 Å². The summed E-state index contributed by atoms with van der Waals surface area (Å²) in [6.45, 7) is 11.2. The van der Waals surface area contributed by atoms with Crippen molar-refractivity contribution < 1.29 is 19.4 Å². The number of carboxylic acids is 1. The molecule has 0 aliphatic carbocycles. The molecule has 0 saturated heterocycles. The Labute approximate surface area is 95.9 Å². The zero-order valence-corrected chi connectivity index (χ0v) is 9.35. The van der Waals surface area contributed by atoms with Gasteiger partial charge in [-0.05, 0) is 6.42 Å². The molecule has 0 spiro atoms. The molecule has 0 aliphatic rings. The van der Waals surface area contributed by atoms with Crippen LogP contribution in [-0.2, 0) is 14.3 Å². The number of ether oxygens (including phenoxy) is 2. The molecule has 4 nitrogen and oxygen atoms in total. The zero-order valence-electron chi connectivity index (χ0n) is 9.35. The molecular formula is C12H18O4. The molecule has 0 aliphatic heterocycles. The van der Waals surface area contributed by atoms with Crippen molar-refractivity contribution in [2.45, 2.75) is 19.1 Å². The third-order valence-electron chi connectivity index (χ3n) is 1.78. The summed E-state index contributed by atoms with van der Waals surface area (Å²) in [5.41, 5.74) is 0.148. The molecule has 1 N–H and O–H groups in total. The quantitative estimate of drug-likeness (QED) is 0.352. The fraction of sp³-hybridized carbons (Fsp3) is 0.417. The van der Waals surface area contributed by atoms with Crippen LogP contribution < -0.4 is 0 Å². The van der Waals surface area contributed by atoms with Gasteiger partial charge in [0.25, 0.3) is 0 Å². The van der Waals surface area contributed by atoms with Crippen LogP contribution in [0.5, 0.6) is 0 Å². The van der Waals surface area contributed by atoms with E-state index in [9.17, 15) is 4.79 Å². The molecule has 0 aromatic heterocycles. The van der Waals surface area contributed by atoms with Crippen molar-refractivity contribution in [1.82, 2.24) is 0 Å². The highest BCUT2D eigenvalue weighted by Crippen LogP contribution is 2.10. The molecule has 0 bridgehead atoms. The molecule has 90 valence electrons. The van der Waals surface area contributed by atoms with Crippen LogP contribution in [0, 0.1) is 0 Å². The molecule has 0 fully saturated rings. The van der Waals surface area contributed by atoms with Crippen LogP contribution in [0.1, 0.15) is 12.8 Å². The first-order valence-corrected chi connectivity index (χ1v) is 4.97. The van der Waals surface area contributed by atoms with Crippen LogP contribution >= 0.6 is 0 Å². The average Bonchev–Trinajstić information content (AvgIpc) is 2.27. The van der Waals surface area contributed by atoms with Gasteiger partial charge >= 0.3 is 5.97 Å². The van der Waals surface area contributed by atoms with Gasteiger partial charge in [0.1, 0.15) is 0 Å². The van der Waals surface area contributed by atoms with E-state index in [1.165, 1.54) is 0 Å². The Balaban J connectivity index is 3.98. The number of hydrogen-bond acceptors (Lipinski definition) is 3. The van der Waals surface area contributed by atoms with Crippen LogP contribution in [0.4, 0.5) is 0 Å². The Kier molecular flexibility index (Phi) is 8.11. The Morgan fingerprint density at radius 2 is 1.75 bits per heavy atom. The number of carboxylic acid groups (broad SMARTS) is 1. The molecule has 16 heavy (non-hydrogen) atoms. The van der Waals surface area contributed by atoms with Gasteiger partial charge in [-0.2, -0.15) is 0 Å². The van der Waals surface area contributed by atoms with Gasteiger partial charge < -0.3 is 14.6 Å². The van der Waals surface area contributed by atoms with Crippen molar-refractivity contribution in [3.63, 3.8) is 0 Å². The number of carbonyl (C=O) groups is 1. The Hall–Kier alpha value is -1.39. The normalized spacial score (nSPS) is 10.1. The lowest BCUT2D eigenvalue weighted by Gasteiger charge is -2.16. The van der Waals surface area contributed by atoms with E-state index in [4.69, 9.17) is 14.6 Å². The number of hydrogen-bond donors (Lipinski definition) is 1. The second-order valence-corrected chi connectivity index (χ2v) is 3.12. The lowest BCUT2D eigenvalue weighted by Crippen LogP contribution is -2.18. The van der Waals surface area contributed by atoms with E-state index in [1.807, 2.05) is 0 Å². The maximum atomic E-state index is 10.5. The van der Waals surface area contributed by atoms with Crippen molar-refractivity contribution in [3.05, 3.63) is 37.5 Å².